The summed E-state index contributed by atoms with van der Waals surface area (Å²) in [6.45, 7) is 3.56. The number of likely N-dealkylation sites (tertiary alicyclic amines) is 1. The molecule has 1 fully saturated rings. The van der Waals surface area contributed by atoms with Crippen LogP contribution in [0.25, 0.3) is 0 Å². The summed E-state index contributed by atoms with van der Waals surface area (Å²) in [5.74, 6) is -0.709. The van der Waals surface area contributed by atoms with Crippen molar-refractivity contribution in [3.05, 3.63) is 33.8 Å². The predicted molar refractivity (Wildman–Crippen MR) is 92.2 cm³/mol. The number of hydrogen-bond donors (Lipinski definition) is 1. The Balaban J connectivity index is 1.62. The fourth-order valence-electron chi connectivity index (χ4n) is 2.75. The Kier molecular flexibility index (Phi) is 7.63. The van der Waals surface area contributed by atoms with Crippen LogP contribution in [0.4, 0.5) is 0 Å². The highest BCUT2D eigenvalue weighted by Crippen LogP contribution is 2.24. The highest BCUT2D eigenvalue weighted by molar-refractivity contribution is 6.42. The highest BCUT2D eigenvalue weighted by atomic mass is 35.5. The molecule has 0 saturated carbocycles. The first-order valence-corrected chi connectivity index (χ1v) is 8.80. The number of halogens is 2. The molecule has 0 aromatic heterocycles. The second-order valence-corrected chi connectivity index (χ2v) is 6.77. The van der Waals surface area contributed by atoms with Crippen molar-refractivity contribution in [1.82, 2.24) is 4.90 Å². The van der Waals surface area contributed by atoms with Crippen LogP contribution in [0.5, 0.6) is 0 Å². The Bertz CT molecular complexity index is 517. The quantitative estimate of drug-likeness (QED) is 0.705. The maximum absolute atomic E-state index is 10.5. The van der Waals surface area contributed by atoms with Gasteiger partial charge in [-0.1, -0.05) is 29.3 Å². The van der Waals surface area contributed by atoms with Crippen LogP contribution in [0.15, 0.2) is 18.2 Å². The molecule has 1 heterocycles. The molecule has 0 bridgehead atoms. The summed E-state index contributed by atoms with van der Waals surface area (Å²) in [5, 5.41) is 9.75. The molecule has 1 saturated heterocycles. The van der Waals surface area contributed by atoms with Crippen molar-refractivity contribution in [2.75, 3.05) is 19.6 Å². The number of ether oxygens (including phenoxy) is 1. The van der Waals surface area contributed by atoms with Gasteiger partial charge in [0, 0.05) is 19.5 Å². The molecule has 128 valence electrons. The van der Waals surface area contributed by atoms with E-state index in [1.165, 1.54) is 0 Å². The van der Waals surface area contributed by atoms with Gasteiger partial charge in [-0.2, -0.15) is 0 Å². The molecule has 6 heteroatoms. The zero-order chi connectivity index (χ0) is 16.7. The standard InChI is InChI=1S/C17H23Cl2NO3/c18-15-5-4-13(11-16(15)19)12-23-14-6-9-20(10-7-14)8-2-1-3-17(21)22/h4-5,11,14H,1-3,6-10,12H2,(H,21,22). The SMILES string of the molecule is O=C(O)CCCCN1CCC(OCc2ccc(Cl)c(Cl)c2)CC1. The van der Waals surface area contributed by atoms with Crippen LogP contribution < -0.4 is 0 Å². The topological polar surface area (TPSA) is 49.8 Å². The van der Waals surface area contributed by atoms with Crippen molar-refractivity contribution in [3.8, 4) is 0 Å². The van der Waals surface area contributed by atoms with Gasteiger partial charge in [-0.3, -0.25) is 4.79 Å². The van der Waals surface area contributed by atoms with E-state index in [0.29, 0.717) is 16.7 Å². The average Bonchev–Trinajstić information content (AvgIpc) is 2.53. The molecular formula is C17H23Cl2NO3. The first-order chi connectivity index (χ1) is 11.0. The summed E-state index contributed by atoms with van der Waals surface area (Å²) in [7, 11) is 0. The summed E-state index contributed by atoms with van der Waals surface area (Å²) in [6.07, 6.45) is 4.27. The molecule has 0 aliphatic carbocycles. The van der Waals surface area contributed by atoms with Gasteiger partial charge in [0.1, 0.15) is 0 Å². The van der Waals surface area contributed by atoms with Crippen molar-refractivity contribution >= 4 is 29.2 Å². The maximum Gasteiger partial charge on any atom is 0.303 e. The molecule has 1 aromatic carbocycles. The van der Waals surface area contributed by atoms with Gasteiger partial charge in [-0.05, 0) is 49.9 Å². The third kappa shape index (κ3) is 6.68. The lowest BCUT2D eigenvalue weighted by Gasteiger charge is -2.31. The van der Waals surface area contributed by atoms with Gasteiger partial charge in [-0.15, -0.1) is 0 Å². The number of benzene rings is 1. The van der Waals surface area contributed by atoms with Crippen molar-refractivity contribution in [2.24, 2.45) is 0 Å². The smallest absolute Gasteiger partial charge is 0.303 e. The van der Waals surface area contributed by atoms with Crippen LogP contribution in [0.2, 0.25) is 10.0 Å². The predicted octanol–water partition coefficient (Wildman–Crippen LogP) is 4.23. The minimum atomic E-state index is -0.709. The normalized spacial score (nSPS) is 16.6. The number of carboxylic acids is 1. The van der Waals surface area contributed by atoms with Crippen LogP contribution in [-0.2, 0) is 16.1 Å². The van der Waals surface area contributed by atoms with E-state index in [1.807, 2.05) is 12.1 Å². The number of carboxylic acid groups (broad SMARTS) is 1. The zero-order valence-electron chi connectivity index (χ0n) is 13.1. The molecule has 1 aromatic rings. The maximum atomic E-state index is 10.5. The van der Waals surface area contributed by atoms with Gasteiger partial charge in [0.15, 0.2) is 0 Å². The summed E-state index contributed by atoms with van der Waals surface area (Å²) < 4.78 is 5.96. The molecular weight excluding hydrogens is 337 g/mol. The Morgan fingerprint density at radius 3 is 2.61 bits per heavy atom. The molecule has 1 aliphatic rings. The molecule has 0 spiro atoms. The molecule has 1 N–H and O–H groups in total. The van der Waals surface area contributed by atoms with Gasteiger partial charge in [-0.25, -0.2) is 0 Å². The molecule has 0 amide bonds. The average molecular weight is 360 g/mol. The van der Waals surface area contributed by atoms with E-state index in [0.717, 1.165) is 50.9 Å². The number of carbonyl (C=O) groups is 1. The zero-order valence-corrected chi connectivity index (χ0v) is 14.7. The van der Waals surface area contributed by atoms with Crippen LogP contribution in [0.1, 0.15) is 37.7 Å². The minimum Gasteiger partial charge on any atom is -0.481 e. The molecule has 0 atom stereocenters. The van der Waals surface area contributed by atoms with E-state index in [9.17, 15) is 4.79 Å². The Hall–Kier alpha value is -0.810. The summed E-state index contributed by atoms with van der Waals surface area (Å²) in [4.78, 5) is 12.9. The lowest BCUT2D eigenvalue weighted by atomic mass is 10.1. The monoisotopic (exact) mass is 359 g/mol. The van der Waals surface area contributed by atoms with E-state index < -0.39 is 5.97 Å². The summed E-state index contributed by atoms with van der Waals surface area (Å²) >= 11 is 11.9. The lowest BCUT2D eigenvalue weighted by molar-refractivity contribution is -0.137. The van der Waals surface area contributed by atoms with Gasteiger partial charge >= 0.3 is 5.97 Å². The third-order valence-corrected chi connectivity index (χ3v) is 4.86. The fourth-order valence-corrected chi connectivity index (χ4v) is 3.08. The van der Waals surface area contributed by atoms with Gasteiger partial charge in [0.05, 0.1) is 22.8 Å². The van der Waals surface area contributed by atoms with Crippen molar-refractivity contribution in [2.45, 2.75) is 44.8 Å². The highest BCUT2D eigenvalue weighted by Gasteiger charge is 2.19. The van der Waals surface area contributed by atoms with E-state index >= 15 is 0 Å². The molecule has 1 aliphatic heterocycles. The first-order valence-electron chi connectivity index (χ1n) is 8.04. The van der Waals surface area contributed by atoms with Crippen LogP contribution in [-0.4, -0.2) is 41.7 Å². The summed E-state index contributed by atoms with van der Waals surface area (Å²) in [6, 6.07) is 5.58. The second kappa shape index (κ2) is 9.48. The van der Waals surface area contributed by atoms with Crippen molar-refractivity contribution in [1.29, 1.82) is 0 Å². The number of nitrogens with zero attached hydrogens (tertiary/aromatic N) is 1. The molecule has 0 radical (unpaired) electrons. The Morgan fingerprint density at radius 1 is 1.22 bits per heavy atom. The Labute approximate surface area is 147 Å². The number of piperidine rings is 1. The van der Waals surface area contributed by atoms with E-state index in [4.69, 9.17) is 33.0 Å². The molecule has 0 unspecified atom stereocenters. The Morgan fingerprint density at radius 2 is 1.96 bits per heavy atom. The minimum absolute atomic E-state index is 0.267. The largest absolute Gasteiger partial charge is 0.481 e. The number of rotatable bonds is 8. The number of unbranched alkanes of at least 4 members (excludes halogenated alkanes) is 1. The van der Waals surface area contributed by atoms with Crippen molar-refractivity contribution in [3.63, 3.8) is 0 Å². The summed E-state index contributed by atoms with van der Waals surface area (Å²) in [5.41, 5.74) is 1.04. The van der Waals surface area contributed by atoms with Gasteiger partial charge < -0.3 is 14.7 Å². The van der Waals surface area contributed by atoms with E-state index in [1.54, 1.807) is 6.07 Å². The van der Waals surface area contributed by atoms with Gasteiger partial charge in [0.25, 0.3) is 0 Å². The first kappa shape index (κ1) is 18.5. The van der Waals surface area contributed by atoms with Crippen molar-refractivity contribution < 1.29 is 14.6 Å². The van der Waals surface area contributed by atoms with E-state index in [2.05, 4.69) is 4.90 Å². The van der Waals surface area contributed by atoms with Crippen LogP contribution >= 0.6 is 23.2 Å². The van der Waals surface area contributed by atoms with Gasteiger partial charge in [0.2, 0.25) is 0 Å². The third-order valence-electron chi connectivity index (χ3n) is 4.12. The molecule has 2 rings (SSSR count). The lowest BCUT2D eigenvalue weighted by Crippen LogP contribution is -2.37. The van der Waals surface area contributed by atoms with E-state index in [-0.39, 0.29) is 12.5 Å². The molecule has 23 heavy (non-hydrogen) atoms. The number of aliphatic carboxylic acids is 1. The molecule has 4 nitrogen and oxygen atoms in total. The van der Waals surface area contributed by atoms with Crippen LogP contribution in [0, 0.1) is 0 Å². The second-order valence-electron chi connectivity index (χ2n) is 5.95. The number of hydrogen-bond acceptors (Lipinski definition) is 3. The van der Waals surface area contributed by atoms with Crippen LogP contribution in [0.3, 0.4) is 0 Å². The fraction of sp³-hybridized carbons (Fsp3) is 0.588.